The van der Waals surface area contributed by atoms with Crippen molar-refractivity contribution in [3.8, 4) is 61.3 Å². The van der Waals surface area contributed by atoms with E-state index in [0.29, 0.717) is 70.1 Å². The van der Waals surface area contributed by atoms with Crippen molar-refractivity contribution in [1.82, 2.24) is 17.5 Å². The van der Waals surface area contributed by atoms with Crippen LogP contribution in [0, 0.1) is 72.4 Å². The molecule has 0 aliphatic carbocycles. The molecule has 0 aliphatic heterocycles. The first-order chi connectivity index (χ1) is 62.0. The second kappa shape index (κ2) is 61.0. The summed E-state index contributed by atoms with van der Waals surface area (Å²) in [4.78, 5) is 7.68. The van der Waals surface area contributed by atoms with E-state index < -0.39 is 23.3 Å². The van der Waals surface area contributed by atoms with Crippen LogP contribution < -0.4 is 0 Å². The van der Waals surface area contributed by atoms with Gasteiger partial charge in [0, 0.05) is 48.8 Å². The number of thiophene rings is 6. The van der Waals surface area contributed by atoms with E-state index >= 15 is 22.0 Å². The summed E-state index contributed by atoms with van der Waals surface area (Å²) in [6.07, 6.45) is 73.9. The summed E-state index contributed by atoms with van der Waals surface area (Å²) >= 11 is 10.8. The molecule has 10 rings (SSSR count). The van der Waals surface area contributed by atoms with Gasteiger partial charge in [0.1, 0.15) is 33.7 Å². The van der Waals surface area contributed by atoms with Gasteiger partial charge >= 0.3 is 0 Å². The van der Waals surface area contributed by atoms with Gasteiger partial charge in [-0.05, 0) is 133 Å². The number of rotatable bonds is 69. The first kappa shape index (κ1) is 107. The van der Waals surface area contributed by atoms with E-state index in [4.69, 9.17) is 0 Å². The molecule has 0 N–H and O–H groups in total. The van der Waals surface area contributed by atoms with Gasteiger partial charge in [0.15, 0.2) is 23.3 Å². The lowest BCUT2D eigenvalue weighted by Crippen LogP contribution is -2.05. The van der Waals surface area contributed by atoms with Crippen LogP contribution in [0.1, 0.15) is 441 Å². The minimum absolute atomic E-state index is 0.182. The molecule has 0 aliphatic rings. The number of fused-ring (bicyclic) bond motifs is 2. The van der Waals surface area contributed by atoms with Gasteiger partial charge in [0.2, 0.25) is 0 Å². The second-order valence-electron chi connectivity index (χ2n) is 37.8. The number of aromatic nitrogens is 4. The zero-order valence-electron chi connectivity index (χ0n) is 80.0. The molecule has 18 heteroatoms. The maximum atomic E-state index is 17.0. The van der Waals surface area contributed by atoms with Gasteiger partial charge in [-0.2, -0.15) is 17.5 Å². The van der Waals surface area contributed by atoms with E-state index in [-0.39, 0.29) is 33.9 Å². The highest BCUT2D eigenvalue weighted by Gasteiger charge is 2.32. The lowest BCUT2D eigenvalue weighted by atomic mass is 9.88. The van der Waals surface area contributed by atoms with Gasteiger partial charge < -0.3 is 0 Å². The Labute approximate surface area is 797 Å². The maximum Gasteiger partial charge on any atom is 0.170 e. The molecule has 4 atom stereocenters. The first-order valence-corrected chi connectivity index (χ1v) is 57.7. The van der Waals surface area contributed by atoms with Crippen molar-refractivity contribution in [2.45, 2.75) is 448 Å². The van der Waals surface area contributed by atoms with E-state index in [1.807, 2.05) is 19.9 Å². The highest BCUT2D eigenvalue weighted by Crippen LogP contribution is 2.51. The highest BCUT2D eigenvalue weighted by molar-refractivity contribution is 7.25. The number of nitrogens with zero attached hydrogens (tertiary/aromatic N) is 4. The molecule has 0 bridgehead atoms. The van der Waals surface area contributed by atoms with Gasteiger partial charge in [-0.15, -0.1) is 68.0 Å². The van der Waals surface area contributed by atoms with Crippen molar-refractivity contribution in [3.05, 3.63) is 114 Å². The molecule has 10 aromatic rings. The molecule has 0 spiro atoms. The summed E-state index contributed by atoms with van der Waals surface area (Å²) in [6.45, 7) is 21.8. The Morgan fingerprint density at radius 2 is 0.504 bits per heavy atom. The number of hydrogen-bond acceptors (Lipinski definition) is 12. The van der Waals surface area contributed by atoms with Crippen molar-refractivity contribution in [2.75, 3.05) is 0 Å². The summed E-state index contributed by atoms with van der Waals surface area (Å²) in [5, 5.41) is 4.27. The zero-order chi connectivity index (χ0) is 90.3. The molecule has 4 nitrogen and oxygen atoms in total. The summed E-state index contributed by atoms with van der Waals surface area (Å²) < 4.78 is 116. The molecule has 0 fully saturated rings. The van der Waals surface area contributed by atoms with E-state index in [1.54, 1.807) is 12.1 Å². The van der Waals surface area contributed by atoms with Crippen molar-refractivity contribution in [1.29, 1.82) is 0 Å². The third kappa shape index (κ3) is 34.9. The van der Waals surface area contributed by atoms with Crippen LogP contribution in [-0.4, -0.2) is 17.5 Å². The van der Waals surface area contributed by atoms with Crippen LogP contribution in [0.5, 0.6) is 0 Å². The normalized spacial score (nSPS) is 12.9. The quantitative estimate of drug-likeness (QED) is 0.0282. The lowest BCUT2D eigenvalue weighted by Gasteiger charge is -2.17. The SMILES string of the molecule is CCCCCCCCCCC(CCCCCCCC)Cc1cc(-c2c(F)c(F)c(-c3cc(CC(C)CCCCCCCC)cs3)c3nsnc23)sc1-c1cc(F)c(C)s1.CCCCCCCCCCC(CCCCCCCC)Cc1csc(-c2c(F)c(F)c(-c3cc(CC(CCCCCCCC)CCCCCCCCCC)c(-c4cc(F)c(C)s4)s3)c3nsnc23)c1. The average molecular weight is 1900 g/mol. The van der Waals surface area contributed by atoms with E-state index in [9.17, 15) is 4.39 Å². The number of hydrogen-bond donors (Lipinski definition) is 0. The fourth-order valence-electron chi connectivity index (χ4n) is 19.1. The third-order valence-electron chi connectivity index (χ3n) is 26.7. The van der Waals surface area contributed by atoms with Crippen molar-refractivity contribution in [2.24, 2.45) is 23.7 Å². The third-order valence-corrected chi connectivity index (χ3v) is 34.6. The zero-order valence-corrected chi connectivity index (χ0v) is 86.5. The van der Waals surface area contributed by atoms with Gasteiger partial charge in [-0.25, -0.2) is 26.3 Å². The van der Waals surface area contributed by atoms with Crippen molar-refractivity contribution >= 4 is 114 Å². The van der Waals surface area contributed by atoms with Gasteiger partial charge in [0.05, 0.1) is 45.7 Å². The van der Waals surface area contributed by atoms with Crippen molar-refractivity contribution in [3.63, 3.8) is 0 Å². The van der Waals surface area contributed by atoms with Gasteiger partial charge in [0.25, 0.3) is 0 Å². The number of unbranched alkanes of at least 4 members (excludes halogenated alkanes) is 41. The summed E-state index contributed by atoms with van der Waals surface area (Å²) in [6, 6.07) is 11.6. The fourth-order valence-corrected chi connectivity index (χ4v) is 26.7. The summed E-state index contributed by atoms with van der Waals surface area (Å²) in [5.41, 5.74) is 7.12. The smallest absolute Gasteiger partial charge is 0.170 e. The number of aryl methyl sites for hydroxylation is 2. The van der Waals surface area contributed by atoms with E-state index in [1.165, 1.54) is 401 Å². The van der Waals surface area contributed by atoms with Crippen LogP contribution in [0.3, 0.4) is 0 Å². The molecule has 0 amide bonds. The maximum absolute atomic E-state index is 17.0. The van der Waals surface area contributed by atoms with Gasteiger partial charge in [-0.3, -0.25) is 0 Å². The Balaban J connectivity index is 0.000000290. The van der Waals surface area contributed by atoms with Crippen LogP contribution in [-0.2, 0) is 25.7 Å². The van der Waals surface area contributed by atoms with Gasteiger partial charge in [-0.1, -0.05) is 409 Å². The second-order valence-corrected chi connectivity index (χ2v) is 45.3. The molecular formula is C109H160F6N4S8. The minimum atomic E-state index is -0.873. The molecule has 8 heterocycles. The van der Waals surface area contributed by atoms with Crippen LogP contribution >= 0.6 is 91.5 Å². The first-order valence-electron chi connectivity index (χ1n) is 51.2. The Bertz CT molecular complexity index is 4600. The monoisotopic (exact) mass is 1900 g/mol. The van der Waals surface area contributed by atoms with Crippen LogP contribution in [0.4, 0.5) is 26.3 Å². The molecule has 0 saturated carbocycles. The predicted octanol–water partition coefficient (Wildman–Crippen LogP) is 41.5. The molecule has 8 aromatic heterocycles. The molecule has 706 valence electrons. The molecule has 0 radical (unpaired) electrons. The molecular weight excluding hydrogens is 1740 g/mol. The number of halogens is 6. The van der Waals surface area contributed by atoms with Crippen LogP contribution in [0.15, 0.2) is 47.2 Å². The molecule has 4 unspecified atom stereocenters. The number of benzene rings is 2. The van der Waals surface area contributed by atoms with E-state index in [0.717, 1.165) is 116 Å². The fraction of sp³-hybridized carbons (Fsp3) is 0.670. The van der Waals surface area contributed by atoms with Crippen molar-refractivity contribution < 1.29 is 26.3 Å². The topological polar surface area (TPSA) is 51.6 Å². The molecule has 127 heavy (non-hydrogen) atoms. The Kier molecular flexibility index (Phi) is 51.2. The minimum Gasteiger partial charge on any atom is -0.206 e. The van der Waals surface area contributed by atoms with E-state index in [2.05, 4.69) is 102 Å². The predicted molar refractivity (Wildman–Crippen MR) is 552 cm³/mol. The summed E-state index contributed by atoms with van der Waals surface area (Å²) in [5.74, 6) is -1.77. The Morgan fingerprint density at radius 3 is 0.772 bits per heavy atom. The average Bonchev–Trinajstić information content (AvgIpc) is 1.53. The molecule has 2 aromatic carbocycles. The standard InChI is InChI=1S/C59H89F3N2S4.C50H71F3N2S4/c1-6-10-14-18-22-24-28-31-35-45(34-30-26-20-16-12-8-3)38-47-40-50(65-43-47)53-55(61)56(62)54(58-57(53)63-68-64-58)51-41-48(59(67-51)52-42-49(60)44(5)66-52)39-46(36-32-27-21-17-13-9-4)37-33-29-25-23-19-15-11-7-2;1-6-9-12-15-18-19-22-25-28-37(27-24-21-17-14-11-8-3)30-39-32-42(58-50(39)43-33-40(51)36(5)57-43)45-47(53)46(52)44(48-49(45)55-59-54-48)41-31-38(34-56-41)29-35(4)26-23-20-16-13-10-7-2/h40-43,45-46H,6-39H2,1-5H3;31-35,37H,6-30H2,1-5H3. The highest BCUT2D eigenvalue weighted by atomic mass is 32.1. The Morgan fingerprint density at radius 1 is 0.260 bits per heavy atom. The summed E-state index contributed by atoms with van der Waals surface area (Å²) in [7, 11) is 0. The lowest BCUT2D eigenvalue weighted by molar-refractivity contribution is 0.400. The van der Waals surface area contributed by atoms with Crippen LogP contribution in [0.2, 0.25) is 0 Å². The largest absolute Gasteiger partial charge is 0.206 e. The van der Waals surface area contributed by atoms with Crippen LogP contribution in [0.25, 0.3) is 83.3 Å². The Hall–Kier alpha value is -4.14. The molecule has 0 saturated heterocycles.